The van der Waals surface area contributed by atoms with Gasteiger partial charge in [-0.05, 0) is 17.5 Å². The smallest absolute Gasteiger partial charge is 0.225 e. The van der Waals surface area contributed by atoms with E-state index in [4.69, 9.17) is 5.73 Å². The van der Waals surface area contributed by atoms with Crippen LogP contribution in [-0.4, -0.2) is 24.5 Å². The first-order chi connectivity index (χ1) is 11.6. The van der Waals surface area contributed by atoms with Crippen LogP contribution in [0.25, 0.3) is 0 Å². The van der Waals surface area contributed by atoms with Crippen LogP contribution in [0.15, 0.2) is 60.7 Å². The molecule has 2 aromatic rings. The highest BCUT2D eigenvalue weighted by molar-refractivity contribution is 5.79. The van der Waals surface area contributed by atoms with Gasteiger partial charge in [0.25, 0.3) is 0 Å². The van der Waals surface area contributed by atoms with Crippen LogP contribution in [0, 0.1) is 0 Å². The number of carbonyl (C=O) groups is 2. The van der Waals surface area contributed by atoms with E-state index in [0.29, 0.717) is 25.8 Å². The van der Waals surface area contributed by atoms with Crippen molar-refractivity contribution in [3.63, 3.8) is 0 Å². The molecule has 0 radical (unpaired) electrons. The Morgan fingerprint density at radius 2 is 1.33 bits per heavy atom. The van der Waals surface area contributed by atoms with E-state index < -0.39 is 6.17 Å². The minimum Gasteiger partial charge on any atom is -0.356 e. The van der Waals surface area contributed by atoms with Gasteiger partial charge in [-0.1, -0.05) is 60.7 Å². The number of amides is 2. The number of hydrogen-bond donors (Lipinski definition) is 3. The highest BCUT2D eigenvalue weighted by Gasteiger charge is 2.09. The van der Waals surface area contributed by atoms with Crippen LogP contribution in [0.4, 0.5) is 0 Å². The van der Waals surface area contributed by atoms with E-state index in [-0.39, 0.29) is 11.8 Å². The van der Waals surface area contributed by atoms with Crippen molar-refractivity contribution in [1.82, 2.24) is 10.6 Å². The van der Waals surface area contributed by atoms with Crippen molar-refractivity contribution in [2.24, 2.45) is 5.73 Å². The molecule has 5 nitrogen and oxygen atoms in total. The van der Waals surface area contributed by atoms with Gasteiger partial charge in [-0.2, -0.15) is 0 Å². The largest absolute Gasteiger partial charge is 0.356 e. The summed E-state index contributed by atoms with van der Waals surface area (Å²) in [6.07, 6.45) is 0.658. The summed E-state index contributed by atoms with van der Waals surface area (Å²) in [6, 6.07) is 19.0. The molecule has 0 saturated heterocycles. The first kappa shape index (κ1) is 17.7. The van der Waals surface area contributed by atoms with Crippen LogP contribution in [0.2, 0.25) is 0 Å². The number of nitrogens with two attached hydrogens (primary N) is 1. The molecule has 0 fully saturated rings. The Morgan fingerprint density at radius 3 is 1.88 bits per heavy atom. The highest BCUT2D eigenvalue weighted by Crippen LogP contribution is 2.00. The highest BCUT2D eigenvalue weighted by atomic mass is 16.2. The van der Waals surface area contributed by atoms with Gasteiger partial charge < -0.3 is 16.4 Å². The van der Waals surface area contributed by atoms with Crippen molar-refractivity contribution >= 4 is 11.8 Å². The minimum absolute atomic E-state index is 0.0518. The molecule has 2 aromatic carbocycles. The predicted molar refractivity (Wildman–Crippen MR) is 94.0 cm³/mol. The van der Waals surface area contributed by atoms with Crippen molar-refractivity contribution in [2.45, 2.75) is 25.4 Å². The molecule has 0 aliphatic carbocycles. The molecule has 2 amide bonds. The van der Waals surface area contributed by atoms with Crippen LogP contribution in [0.5, 0.6) is 0 Å². The zero-order chi connectivity index (χ0) is 17.2. The quantitative estimate of drug-likeness (QED) is 0.641. The first-order valence-corrected chi connectivity index (χ1v) is 8.03. The molecule has 1 unspecified atom stereocenters. The molecule has 2 rings (SSSR count). The van der Waals surface area contributed by atoms with E-state index in [9.17, 15) is 9.59 Å². The Balaban J connectivity index is 1.63. The van der Waals surface area contributed by atoms with Gasteiger partial charge >= 0.3 is 0 Å². The fourth-order valence-electron chi connectivity index (χ4n) is 2.32. The van der Waals surface area contributed by atoms with Crippen LogP contribution in [-0.2, 0) is 22.4 Å². The fraction of sp³-hybridized carbons (Fsp3) is 0.263. The second kappa shape index (κ2) is 9.47. The van der Waals surface area contributed by atoms with Crippen molar-refractivity contribution in [3.05, 3.63) is 71.8 Å². The summed E-state index contributed by atoms with van der Waals surface area (Å²) < 4.78 is 0. The maximum atomic E-state index is 11.9. The van der Waals surface area contributed by atoms with E-state index in [1.807, 2.05) is 60.7 Å². The van der Waals surface area contributed by atoms with E-state index in [1.54, 1.807) is 0 Å². The van der Waals surface area contributed by atoms with Crippen molar-refractivity contribution in [3.8, 4) is 0 Å². The summed E-state index contributed by atoms with van der Waals surface area (Å²) in [6.45, 7) is 0.429. The maximum absolute atomic E-state index is 11.9. The third-order valence-electron chi connectivity index (χ3n) is 3.54. The van der Waals surface area contributed by atoms with Crippen molar-refractivity contribution in [1.29, 1.82) is 0 Å². The number of nitrogens with one attached hydrogen (secondary N) is 2. The zero-order valence-corrected chi connectivity index (χ0v) is 13.6. The third kappa shape index (κ3) is 6.62. The molecule has 24 heavy (non-hydrogen) atoms. The lowest BCUT2D eigenvalue weighted by Gasteiger charge is -2.14. The zero-order valence-electron chi connectivity index (χ0n) is 13.6. The summed E-state index contributed by atoms with van der Waals surface area (Å²) in [5, 5.41) is 5.55. The Bertz CT molecular complexity index is 644. The van der Waals surface area contributed by atoms with Gasteiger partial charge in [0.2, 0.25) is 11.8 Å². The van der Waals surface area contributed by atoms with Gasteiger partial charge in [0, 0.05) is 6.54 Å². The van der Waals surface area contributed by atoms with Gasteiger partial charge in [0.1, 0.15) is 0 Å². The summed E-state index contributed by atoms with van der Waals surface area (Å²) in [5.74, 6) is -0.173. The van der Waals surface area contributed by atoms with E-state index in [0.717, 1.165) is 11.1 Å². The average molecular weight is 325 g/mol. The normalized spacial score (nSPS) is 11.5. The average Bonchev–Trinajstić information content (AvgIpc) is 2.56. The molecule has 0 bridgehead atoms. The molecule has 1 atom stereocenters. The molecule has 126 valence electrons. The van der Waals surface area contributed by atoms with Gasteiger partial charge in [0.15, 0.2) is 0 Å². The molecule has 0 aliphatic rings. The lowest BCUT2D eigenvalue weighted by Crippen LogP contribution is -2.44. The second-order valence-corrected chi connectivity index (χ2v) is 5.64. The van der Waals surface area contributed by atoms with Gasteiger partial charge in [-0.25, -0.2) is 0 Å². The van der Waals surface area contributed by atoms with Gasteiger partial charge in [-0.3, -0.25) is 9.59 Å². The third-order valence-corrected chi connectivity index (χ3v) is 3.54. The molecule has 4 N–H and O–H groups in total. The second-order valence-electron chi connectivity index (χ2n) is 5.64. The summed E-state index contributed by atoms with van der Waals surface area (Å²) >= 11 is 0. The Labute approximate surface area is 142 Å². The van der Waals surface area contributed by atoms with Crippen LogP contribution < -0.4 is 16.4 Å². The lowest BCUT2D eigenvalue weighted by atomic mass is 10.1. The minimum atomic E-state index is -0.474. The van der Waals surface area contributed by atoms with Crippen LogP contribution in [0.1, 0.15) is 17.5 Å². The summed E-state index contributed by atoms with van der Waals surface area (Å²) in [7, 11) is 0. The Hall–Kier alpha value is -2.66. The van der Waals surface area contributed by atoms with Gasteiger partial charge in [-0.15, -0.1) is 0 Å². The van der Waals surface area contributed by atoms with Crippen LogP contribution in [0.3, 0.4) is 0 Å². The van der Waals surface area contributed by atoms with Crippen LogP contribution >= 0.6 is 0 Å². The molecule has 0 spiro atoms. The van der Waals surface area contributed by atoms with Gasteiger partial charge in [0.05, 0.1) is 19.0 Å². The number of rotatable bonds is 8. The molecule has 0 saturated carbocycles. The maximum Gasteiger partial charge on any atom is 0.225 e. The molecule has 5 heteroatoms. The first-order valence-electron chi connectivity index (χ1n) is 8.03. The van der Waals surface area contributed by atoms with E-state index in [2.05, 4.69) is 10.6 Å². The SMILES string of the molecule is NC(CCNC(=O)Cc1ccccc1)NC(=O)Cc1ccccc1. The number of benzene rings is 2. The summed E-state index contributed by atoms with van der Waals surface area (Å²) in [4.78, 5) is 23.7. The molecule has 0 heterocycles. The molecular weight excluding hydrogens is 302 g/mol. The standard InChI is InChI=1S/C19H23N3O2/c20-17(22-19(24)14-16-9-5-2-6-10-16)11-12-21-18(23)13-15-7-3-1-4-8-15/h1-10,17H,11-14,20H2,(H,21,23)(H,22,24). The Morgan fingerprint density at radius 1 is 0.833 bits per heavy atom. The lowest BCUT2D eigenvalue weighted by molar-refractivity contribution is -0.121. The number of hydrogen-bond acceptors (Lipinski definition) is 3. The van der Waals surface area contributed by atoms with Crippen molar-refractivity contribution < 1.29 is 9.59 Å². The molecule has 0 aliphatic heterocycles. The van der Waals surface area contributed by atoms with E-state index in [1.165, 1.54) is 0 Å². The monoisotopic (exact) mass is 325 g/mol. The van der Waals surface area contributed by atoms with Crippen molar-refractivity contribution in [2.75, 3.05) is 6.54 Å². The summed E-state index contributed by atoms with van der Waals surface area (Å²) in [5.41, 5.74) is 7.79. The number of carbonyl (C=O) groups excluding carboxylic acids is 2. The molecular formula is C19H23N3O2. The topological polar surface area (TPSA) is 84.2 Å². The fourth-order valence-corrected chi connectivity index (χ4v) is 2.32. The Kier molecular flexibility index (Phi) is 6.98. The molecule has 0 aromatic heterocycles. The van der Waals surface area contributed by atoms with E-state index >= 15 is 0 Å². The predicted octanol–water partition coefficient (Wildman–Crippen LogP) is 1.38.